The van der Waals surface area contributed by atoms with E-state index in [2.05, 4.69) is 10.6 Å². The van der Waals surface area contributed by atoms with E-state index in [1.807, 2.05) is 0 Å². The van der Waals surface area contributed by atoms with Crippen LogP contribution in [0.2, 0.25) is 0 Å². The van der Waals surface area contributed by atoms with E-state index >= 15 is 0 Å². The number of para-hydroxylation sites is 1. The van der Waals surface area contributed by atoms with Gasteiger partial charge in [0.05, 0.1) is 17.9 Å². The first-order valence-corrected chi connectivity index (χ1v) is 8.45. The molecule has 2 amide bonds. The molecule has 0 atom stereocenters. The first-order chi connectivity index (χ1) is 11.6. The van der Waals surface area contributed by atoms with Gasteiger partial charge in [-0.25, -0.2) is 0 Å². The monoisotopic (exact) mass is 332 g/mol. The molecular formula is C18H24N2O4. The van der Waals surface area contributed by atoms with E-state index in [4.69, 9.17) is 4.74 Å². The third kappa shape index (κ3) is 5.37. The maximum absolute atomic E-state index is 12.5. The summed E-state index contributed by atoms with van der Waals surface area (Å²) >= 11 is 0. The molecule has 1 aromatic carbocycles. The minimum Gasteiger partial charge on any atom is -0.466 e. The molecule has 1 aliphatic rings. The van der Waals surface area contributed by atoms with Gasteiger partial charge in [-0.2, -0.15) is 0 Å². The lowest BCUT2D eigenvalue weighted by Crippen LogP contribution is -2.36. The standard InChI is InChI=1S/C18H24N2O4/c1-2-24-17(22)12-16(21)20-15-11-7-6-10-14(15)18(23)19-13-8-4-3-5-9-13/h6-7,10-11,13H,2-5,8-9,12H2,1H3,(H,19,23)(H,20,21). The molecule has 0 aromatic heterocycles. The second-order valence-electron chi connectivity index (χ2n) is 5.88. The zero-order valence-corrected chi connectivity index (χ0v) is 14.0. The smallest absolute Gasteiger partial charge is 0.315 e. The zero-order chi connectivity index (χ0) is 17.4. The van der Waals surface area contributed by atoms with Gasteiger partial charge in [0, 0.05) is 6.04 Å². The number of amides is 2. The average molecular weight is 332 g/mol. The molecule has 1 fully saturated rings. The molecule has 1 aliphatic carbocycles. The van der Waals surface area contributed by atoms with Gasteiger partial charge in [0.1, 0.15) is 6.42 Å². The molecule has 24 heavy (non-hydrogen) atoms. The topological polar surface area (TPSA) is 84.5 Å². The fourth-order valence-electron chi connectivity index (χ4n) is 2.84. The van der Waals surface area contributed by atoms with Crippen molar-refractivity contribution in [3.05, 3.63) is 29.8 Å². The summed E-state index contributed by atoms with van der Waals surface area (Å²) in [7, 11) is 0. The van der Waals surface area contributed by atoms with Crippen molar-refractivity contribution >= 4 is 23.5 Å². The Morgan fingerprint density at radius 3 is 2.54 bits per heavy atom. The van der Waals surface area contributed by atoms with E-state index in [9.17, 15) is 14.4 Å². The number of hydrogen-bond acceptors (Lipinski definition) is 4. The number of esters is 1. The molecular weight excluding hydrogens is 308 g/mol. The number of ether oxygens (including phenoxy) is 1. The van der Waals surface area contributed by atoms with Crippen LogP contribution in [0.3, 0.4) is 0 Å². The van der Waals surface area contributed by atoms with Crippen molar-refractivity contribution in [1.29, 1.82) is 0 Å². The molecule has 6 nitrogen and oxygen atoms in total. The Balaban J connectivity index is 1.99. The molecule has 0 saturated heterocycles. The highest BCUT2D eigenvalue weighted by molar-refractivity contribution is 6.07. The average Bonchev–Trinajstić information content (AvgIpc) is 2.56. The van der Waals surface area contributed by atoms with Crippen LogP contribution in [-0.4, -0.2) is 30.4 Å². The van der Waals surface area contributed by atoms with E-state index in [1.165, 1.54) is 6.42 Å². The van der Waals surface area contributed by atoms with Crippen molar-refractivity contribution in [1.82, 2.24) is 5.32 Å². The number of carbonyl (C=O) groups is 3. The molecule has 130 valence electrons. The van der Waals surface area contributed by atoms with Crippen molar-refractivity contribution in [2.45, 2.75) is 51.5 Å². The Kier molecular flexibility index (Phi) is 6.78. The van der Waals surface area contributed by atoms with Crippen LogP contribution in [-0.2, 0) is 14.3 Å². The molecule has 0 spiro atoms. The highest BCUT2D eigenvalue weighted by Gasteiger charge is 2.19. The molecule has 0 unspecified atom stereocenters. The van der Waals surface area contributed by atoms with Crippen LogP contribution in [0.25, 0.3) is 0 Å². The molecule has 0 radical (unpaired) electrons. The van der Waals surface area contributed by atoms with Gasteiger partial charge in [-0.05, 0) is 31.9 Å². The van der Waals surface area contributed by atoms with Crippen LogP contribution < -0.4 is 10.6 Å². The normalized spacial score (nSPS) is 14.7. The van der Waals surface area contributed by atoms with Gasteiger partial charge < -0.3 is 15.4 Å². The molecule has 0 aliphatic heterocycles. The minimum atomic E-state index is -0.584. The number of benzene rings is 1. The summed E-state index contributed by atoms with van der Waals surface area (Å²) in [5.74, 6) is -1.28. The fourth-order valence-corrected chi connectivity index (χ4v) is 2.84. The minimum absolute atomic E-state index is 0.189. The van der Waals surface area contributed by atoms with Gasteiger partial charge in [-0.3, -0.25) is 14.4 Å². The number of hydrogen-bond donors (Lipinski definition) is 2. The third-order valence-corrected chi connectivity index (χ3v) is 4.00. The number of anilines is 1. The van der Waals surface area contributed by atoms with Crippen LogP contribution in [0, 0.1) is 0 Å². The largest absolute Gasteiger partial charge is 0.466 e. The summed E-state index contributed by atoms with van der Waals surface area (Å²) in [5, 5.41) is 5.65. The van der Waals surface area contributed by atoms with E-state index in [0.717, 1.165) is 25.7 Å². The van der Waals surface area contributed by atoms with E-state index in [1.54, 1.807) is 31.2 Å². The molecule has 1 saturated carbocycles. The molecule has 2 rings (SSSR count). The summed E-state index contributed by atoms with van der Waals surface area (Å²) in [5.41, 5.74) is 0.806. The summed E-state index contributed by atoms with van der Waals surface area (Å²) in [4.78, 5) is 35.8. The predicted octanol–water partition coefficient (Wildman–Crippen LogP) is 2.64. The number of rotatable bonds is 6. The predicted molar refractivity (Wildman–Crippen MR) is 90.7 cm³/mol. The summed E-state index contributed by atoms with van der Waals surface area (Å²) in [6, 6.07) is 6.99. The summed E-state index contributed by atoms with van der Waals surface area (Å²) in [6.45, 7) is 1.91. The van der Waals surface area contributed by atoms with Gasteiger partial charge >= 0.3 is 5.97 Å². The Hall–Kier alpha value is -2.37. The molecule has 6 heteroatoms. The van der Waals surface area contributed by atoms with Crippen molar-refractivity contribution in [2.24, 2.45) is 0 Å². The highest BCUT2D eigenvalue weighted by Crippen LogP contribution is 2.20. The molecule has 1 aromatic rings. The Bertz CT molecular complexity index is 594. The Morgan fingerprint density at radius 2 is 1.83 bits per heavy atom. The van der Waals surface area contributed by atoms with Crippen molar-refractivity contribution in [2.75, 3.05) is 11.9 Å². The van der Waals surface area contributed by atoms with Gasteiger partial charge in [0.25, 0.3) is 5.91 Å². The lowest BCUT2D eigenvalue weighted by molar-refractivity contribution is -0.145. The van der Waals surface area contributed by atoms with Crippen LogP contribution in [0.15, 0.2) is 24.3 Å². The molecule has 2 N–H and O–H groups in total. The van der Waals surface area contributed by atoms with Crippen molar-refractivity contribution in [3.8, 4) is 0 Å². The lowest BCUT2D eigenvalue weighted by atomic mass is 9.95. The fraction of sp³-hybridized carbons (Fsp3) is 0.500. The molecule has 0 heterocycles. The quantitative estimate of drug-likeness (QED) is 0.619. The second kappa shape index (κ2) is 9.05. The Morgan fingerprint density at radius 1 is 1.12 bits per heavy atom. The van der Waals surface area contributed by atoms with Crippen LogP contribution in [0.5, 0.6) is 0 Å². The van der Waals surface area contributed by atoms with Crippen molar-refractivity contribution < 1.29 is 19.1 Å². The summed E-state index contributed by atoms with van der Waals surface area (Å²) in [6.07, 6.45) is 5.08. The van der Waals surface area contributed by atoms with E-state index in [-0.39, 0.29) is 25.0 Å². The van der Waals surface area contributed by atoms with Gasteiger partial charge in [-0.1, -0.05) is 31.4 Å². The second-order valence-corrected chi connectivity index (χ2v) is 5.88. The highest BCUT2D eigenvalue weighted by atomic mass is 16.5. The van der Waals surface area contributed by atoms with Crippen molar-refractivity contribution in [3.63, 3.8) is 0 Å². The zero-order valence-electron chi connectivity index (χ0n) is 14.0. The van der Waals surface area contributed by atoms with E-state index < -0.39 is 11.9 Å². The van der Waals surface area contributed by atoms with E-state index in [0.29, 0.717) is 11.3 Å². The first kappa shape index (κ1) is 18.0. The van der Waals surface area contributed by atoms with Gasteiger partial charge in [-0.15, -0.1) is 0 Å². The van der Waals surface area contributed by atoms with Crippen LogP contribution in [0.4, 0.5) is 5.69 Å². The molecule has 0 bridgehead atoms. The number of carbonyl (C=O) groups excluding carboxylic acids is 3. The SMILES string of the molecule is CCOC(=O)CC(=O)Nc1ccccc1C(=O)NC1CCCCC1. The maximum atomic E-state index is 12.5. The van der Waals surface area contributed by atoms with Crippen LogP contribution in [0.1, 0.15) is 55.8 Å². The van der Waals surface area contributed by atoms with Gasteiger partial charge in [0.15, 0.2) is 0 Å². The van der Waals surface area contributed by atoms with Gasteiger partial charge in [0.2, 0.25) is 5.91 Å². The number of nitrogens with one attached hydrogen (secondary N) is 2. The first-order valence-electron chi connectivity index (χ1n) is 8.45. The summed E-state index contributed by atoms with van der Waals surface area (Å²) < 4.78 is 4.75. The Labute approximate surface area is 142 Å². The third-order valence-electron chi connectivity index (χ3n) is 4.00. The maximum Gasteiger partial charge on any atom is 0.315 e. The lowest BCUT2D eigenvalue weighted by Gasteiger charge is -2.23. The van der Waals surface area contributed by atoms with Crippen LogP contribution >= 0.6 is 0 Å².